The number of tetrazole rings is 1. The highest BCUT2D eigenvalue weighted by molar-refractivity contribution is 7.91. The van der Waals surface area contributed by atoms with Crippen LogP contribution in [0.4, 0.5) is 10.1 Å². The molecule has 21 heavy (non-hydrogen) atoms. The van der Waals surface area contributed by atoms with E-state index >= 15 is 0 Å². The van der Waals surface area contributed by atoms with Gasteiger partial charge in [-0.05, 0) is 42.0 Å². The molecule has 0 spiro atoms. The van der Waals surface area contributed by atoms with Crippen molar-refractivity contribution in [1.29, 1.82) is 0 Å². The summed E-state index contributed by atoms with van der Waals surface area (Å²) in [5.41, 5.74) is 5.39. The first-order valence-corrected chi connectivity index (χ1v) is 8.18. The van der Waals surface area contributed by atoms with Crippen molar-refractivity contribution in [3.8, 4) is 11.4 Å². The van der Waals surface area contributed by atoms with Gasteiger partial charge in [0.15, 0.2) is 15.7 Å². The van der Waals surface area contributed by atoms with Crippen LogP contribution in [0.3, 0.4) is 0 Å². The third-order valence-corrected chi connectivity index (χ3v) is 5.61. The van der Waals surface area contributed by atoms with Crippen molar-refractivity contribution in [3.63, 3.8) is 0 Å². The van der Waals surface area contributed by atoms with Gasteiger partial charge in [-0.3, -0.25) is 0 Å². The molecule has 0 radical (unpaired) electrons. The molecule has 2 N–H and O–H groups in total. The average Bonchev–Trinajstić information content (AvgIpc) is 2.98. The smallest absolute Gasteiger partial charge is 0.182 e. The Morgan fingerprint density at radius 2 is 2.19 bits per heavy atom. The zero-order valence-electron chi connectivity index (χ0n) is 11.3. The highest BCUT2D eigenvalue weighted by Crippen LogP contribution is 2.33. The molecule has 2 aromatic rings. The number of rotatable bonds is 2. The van der Waals surface area contributed by atoms with Crippen LogP contribution >= 0.6 is 0 Å². The highest BCUT2D eigenvalue weighted by atomic mass is 32.2. The van der Waals surface area contributed by atoms with Crippen LogP contribution in [-0.4, -0.2) is 40.1 Å². The van der Waals surface area contributed by atoms with Gasteiger partial charge in [0.05, 0.1) is 22.7 Å². The largest absolute Gasteiger partial charge is 0.396 e. The third-order valence-electron chi connectivity index (χ3n) is 3.72. The number of sulfone groups is 1. The van der Waals surface area contributed by atoms with Gasteiger partial charge in [-0.15, -0.1) is 5.10 Å². The summed E-state index contributed by atoms with van der Waals surface area (Å²) < 4.78 is 38.2. The van der Waals surface area contributed by atoms with Crippen molar-refractivity contribution >= 4 is 15.5 Å². The molecule has 1 atom stereocenters. The van der Waals surface area contributed by atoms with E-state index in [1.165, 1.54) is 22.9 Å². The second kappa shape index (κ2) is 4.48. The average molecular weight is 311 g/mol. The Morgan fingerprint density at radius 1 is 1.43 bits per heavy atom. The number of halogens is 1. The fourth-order valence-corrected chi connectivity index (χ4v) is 4.68. The number of nitrogens with two attached hydrogens (primary N) is 1. The van der Waals surface area contributed by atoms with Gasteiger partial charge in [-0.1, -0.05) is 0 Å². The Hall–Kier alpha value is -2.03. The van der Waals surface area contributed by atoms with E-state index in [9.17, 15) is 12.8 Å². The Balaban J connectivity index is 2.07. The maximum Gasteiger partial charge on any atom is 0.182 e. The molecule has 2 heterocycles. The summed E-state index contributed by atoms with van der Waals surface area (Å²) in [6.07, 6.45) is 0.435. The lowest BCUT2D eigenvalue weighted by Gasteiger charge is -2.23. The van der Waals surface area contributed by atoms with Crippen molar-refractivity contribution in [2.75, 3.05) is 17.2 Å². The molecule has 1 aromatic carbocycles. The third kappa shape index (κ3) is 2.37. The highest BCUT2D eigenvalue weighted by Gasteiger charge is 2.42. The maximum atomic E-state index is 13.3. The molecule has 3 rings (SSSR count). The summed E-state index contributed by atoms with van der Waals surface area (Å²) >= 11 is 0. The Kier molecular flexibility index (Phi) is 2.97. The van der Waals surface area contributed by atoms with Crippen LogP contribution in [0.1, 0.15) is 13.3 Å². The van der Waals surface area contributed by atoms with Crippen molar-refractivity contribution in [2.24, 2.45) is 0 Å². The Labute approximate surface area is 120 Å². The van der Waals surface area contributed by atoms with Gasteiger partial charge in [0.25, 0.3) is 0 Å². The lowest BCUT2D eigenvalue weighted by atomic mass is 10.0. The van der Waals surface area contributed by atoms with E-state index < -0.39 is 21.2 Å². The van der Waals surface area contributed by atoms with E-state index in [2.05, 4.69) is 15.5 Å². The number of aromatic nitrogens is 4. The molecular weight excluding hydrogens is 297 g/mol. The first-order chi connectivity index (χ1) is 9.81. The Morgan fingerprint density at radius 3 is 2.81 bits per heavy atom. The first-order valence-electron chi connectivity index (χ1n) is 6.35. The minimum atomic E-state index is -3.09. The number of nitrogen functional groups attached to an aromatic ring is 1. The summed E-state index contributed by atoms with van der Waals surface area (Å²) in [6.45, 7) is 1.80. The maximum absolute atomic E-state index is 13.3. The van der Waals surface area contributed by atoms with Crippen molar-refractivity contribution < 1.29 is 12.8 Å². The van der Waals surface area contributed by atoms with Gasteiger partial charge < -0.3 is 5.73 Å². The molecule has 1 fully saturated rings. The molecule has 9 heteroatoms. The van der Waals surface area contributed by atoms with Gasteiger partial charge in [0.1, 0.15) is 5.82 Å². The summed E-state index contributed by atoms with van der Waals surface area (Å²) in [5, 5.41) is 11.5. The second-order valence-corrected chi connectivity index (χ2v) is 7.67. The molecule has 1 aliphatic heterocycles. The van der Waals surface area contributed by atoms with Gasteiger partial charge in [0, 0.05) is 5.56 Å². The van der Waals surface area contributed by atoms with Gasteiger partial charge >= 0.3 is 0 Å². The number of benzene rings is 1. The molecule has 1 aromatic heterocycles. The zero-order valence-corrected chi connectivity index (χ0v) is 12.1. The van der Waals surface area contributed by atoms with Crippen LogP contribution in [0.25, 0.3) is 11.4 Å². The molecule has 1 aliphatic rings. The molecule has 0 aliphatic carbocycles. The predicted molar refractivity (Wildman–Crippen MR) is 74.5 cm³/mol. The van der Waals surface area contributed by atoms with E-state index in [1.807, 2.05) is 0 Å². The minimum Gasteiger partial charge on any atom is -0.396 e. The summed E-state index contributed by atoms with van der Waals surface area (Å²) in [4.78, 5) is 0. The van der Waals surface area contributed by atoms with Crippen LogP contribution < -0.4 is 5.73 Å². The SMILES string of the molecule is CC1(n2nnnc2-c2ccc(F)c(N)c2)CCS(=O)(=O)C1. The molecular formula is C12H14FN5O2S. The summed E-state index contributed by atoms with van der Waals surface area (Å²) in [7, 11) is -3.09. The van der Waals surface area contributed by atoms with Crippen molar-refractivity contribution in [2.45, 2.75) is 18.9 Å². The quantitative estimate of drug-likeness (QED) is 0.814. The second-order valence-electron chi connectivity index (χ2n) is 5.49. The van der Waals surface area contributed by atoms with Crippen LogP contribution in [0, 0.1) is 5.82 Å². The summed E-state index contributed by atoms with van der Waals surface area (Å²) in [6, 6.07) is 4.18. The lowest BCUT2D eigenvalue weighted by Crippen LogP contribution is -2.33. The van der Waals surface area contributed by atoms with Crippen LogP contribution in [0.2, 0.25) is 0 Å². The van der Waals surface area contributed by atoms with Crippen LogP contribution in [-0.2, 0) is 15.4 Å². The van der Waals surface area contributed by atoms with Gasteiger partial charge in [-0.2, -0.15) is 0 Å². The monoisotopic (exact) mass is 311 g/mol. The number of anilines is 1. The van der Waals surface area contributed by atoms with E-state index in [0.29, 0.717) is 17.8 Å². The van der Waals surface area contributed by atoms with Crippen molar-refractivity contribution in [3.05, 3.63) is 24.0 Å². The lowest BCUT2D eigenvalue weighted by molar-refractivity contribution is 0.325. The normalized spacial score (nSPS) is 24.3. The first kappa shape index (κ1) is 13.9. The number of nitrogens with zero attached hydrogens (tertiary/aromatic N) is 4. The fraction of sp³-hybridized carbons (Fsp3) is 0.417. The van der Waals surface area contributed by atoms with Crippen LogP contribution in [0.5, 0.6) is 0 Å². The standard InChI is InChI=1S/C12H14FN5O2S/c1-12(4-5-21(19,20)7-12)18-11(15-16-17-18)8-2-3-9(13)10(14)6-8/h2-3,6H,4-5,7,14H2,1H3. The Bertz CT molecular complexity index is 804. The minimum absolute atomic E-state index is 0.00811. The molecule has 112 valence electrons. The van der Waals surface area contributed by atoms with Gasteiger partial charge in [0.2, 0.25) is 0 Å². The van der Waals surface area contributed by atoms with Crippen LogP contribution in [0.15, 0.2) is 18.2 Å². The molecule has 0 bridgehead atoms. The zero-order chi connectivity index (χ0) is 15.3. The molecule has 0 saturated carbocycles. The number of hydrogen-bond acceptors (Lipinski definition) is 6. The number of hydrogen-bond donors (Lipinski definition) is 1. The molecule has 1 saturated heterocycles. The van der Waals surface area contributed by atoms with E-state index in [-0.39, 0.29) is 17.2 Å². The molecule has 0 amide bonds. The van der Waals surface area contributed by atoms with E-state index in [0.717, 1.165) is 0 Å². The fourth-order valence-electron chi connectivity index (χ4n) is 2.57. The van der Waals surface area contributed by atoms with E-state index in [4.69, 9.17) is 5.73 Å². The van der Waals surface area contributed by atoms with E-state index in [1.54, 1.807) is 6.92 Å². The van der Waals surface area contributed by atoms with Crippen molar-refractivity contribution in [1.82, 2.24) is 20.2 Å². The van der Waals surface area contributed by atoms with Gasteiger partial charge in [-0.25, -0.2) is 17.5 Å². The summed E-state index contributed by atoms with van der Waals surface area (Å²) in [5.74, 6) is -0.0583. The predicted octanol–water partition coefficient (Wildman–Crippen LogP) is 0.595. The topological polar surface area (TPSA) is 104 Å². The molecule has 7 nitrogen and oxygen atoms in total. The molecule has 1 unspecified atom stereocenters.